The molecular formula is C27H27Cl2N3O4S. The quantitative estimate of drug-likeness (QED) is 0.247. The van der Waals surface area contributed by atoms with Crippen molar-refractivity contribution in [2.45, 2.75) is 32.9 Å². The Morgan fingerprint density at radius 2 is 1.97 bits per heavy atom. The van der Waals surface area contributed by atoms with Crippen molar-refractivity contribution in [3.05, 3.63) is 74.2 Å². The Hall–Kier alpha value is -2.78. The fourth-order valence-electron chi connectivity index (χ4n) is 4.24. The van der Waals surface area contributed by atoms with E-state index >= 15 is 0 Å². The molecule has 37 heavy (non-hydrogen) atoms. The highest BCUT2D eigenvalue weighted by Crippen LogP contribution is 2.36. The van der Waals surface area contributed by atoms with Crippen LogP contribution in [-0.4, -0.2) is 46.8 Å². The van der Waals surface area contributed by atoms with Gasteiger partial charge in [-0.1, -0.05) is 54.4 Å². The molecule has 0 aliphatic carbocycles. The van der Waals surface area contributed by atoms with Gasteiger partial charge in [0.2, 0.25) is 5.91 Å². The molecular weight excluding hydrogens is 533 g/mol. The van der Waals surface area contributed by atoms with E-state index in [1.165, 1.54) is 4.90 Å². The summed E-state index contributed by atoms with van der Waals surface area (Å²) in [5.74, 6) is -0.475. The van der Waals surface area contributed by atoms with E-state index in [0.29, 0.717) is 33.7 Å². The number of ether oxygens (including phenoxy) is 1. The van der Waals surface area contributed by atoms with Crippen molar-refractivity contribution in [2.75, 3.05) is 20.3 Å². The van der Waals surface area contributed by atoms with Gasteiger partial charge in [0.05, 0.1) is 27.0 Å². The third kappa shape index (κ3) is 6.21. The Morgan fingerprint density at radius 3 is 2.70 bits per heavy atom. The number of aryl methyl sites for hydroxylation is 1. The highest BCUT2D eigenvalue weighted by molar-refractivity contribution is 8.18. The molecule has 10 heteroatoms. The number of methoxy groups -OCH3 is 1. The van der Waals surface area contributed by atoms with Gasteiger partial charge in [-0.2, -0.15) is 0 Å². The van der Waals surface area contributed by atoms with Gasteiger partial charge in [-0.3, -0.25) is 19.3 Å². The maximum Gasteiger partial charge on any atom is 0.293 e. The molecule has 1 fully saturated rings. The van der Waals surface area contributed by atoms with Gasteiger partial charge in [0, 0.05) is 37.4 Å². The number of thioether (sulfide) groups is 1. The highest BCUT2D eigenvalue weighted by Gasteiger charge is 2.35. The van der Waals surface area contributed by atoms with Crippen molar-refractivity contribution in [2.24, 2.45) is 0 Å². The zero-order valence-corrected chi connectivity index (χ0v) is 22.9. The molecule has 0 radical (unpaired) electrons. The first kappa shape index (κ1) is 27.3. The van der Waals surface area contributed by atoms with Gasteiger partial charge in [-0.25, -0.2) is 0 Å². The summed E-state index contributed by atoms with van der Waals surface area (Å²) >= 11 is 13.0. The van der Waals surface area contributed by atoms with Crippen LogP contribution in [0.1, 0.15) is 30.0 Å². The summed E-state index contributed by atoms with van der Waals surface area (Å²) < 4.78 is 6.94. The number of carbonyl (C=O) groups is 3. The van der Waals surface area contributed by atoms with E-state index in [1.54, 1.807) is 31.4 Å². The van der Waals surface area contributed by atoms with Crippen LogP contribution in [0.15, 0.2) is 47.5 Å². The number of fused-ring (bicyclic) bond motifs is 1. The third-order valence-corrected chi connectivity index (χ3v) is 7.69. The number of halogens is 2. The van der Waals surface area contributed by atoms with E-state index < -0.39 is 0 Å². The maximum atomic E-state index is 13.2. The van der Waals surface area contributed by atoms with Crippen molar-refractivity contribution in [3.8, 4) is 0 Å². The molecule has 2 aromatic carbocycles. The summed E-state index contributed by atoms with van der Waals surface area (Å²) in [6.45, 7) is 3.42. The van der Waals surface area contributed by atoms with Crippen LogP contribution < -0.4 is 5.32 Å². The number of hydrogen-bond donors (Lipinski definition) is 1. The van der Waals surface area contributed by atoms with Gasteiger partial charge >= 0.3 is 0 Å². The molecule has 0 saturated carbocycles. The second-order valence-electron chi connectivity index (χ2n) is 8.59. The van der Waals surface area contributed by atoms with Crippen molar-refractivity contribution >= 4 is 69.0 Å². The molecule has 0 atom stereocenters. The van der Waals surface area contributed by atoms with Crippen LogP contribution in [0.25, 0.3) is 17.0 Å². The fraction of sp³-hybridized carbons (Fsp3) is 0.296. The lowest BCUT2D eigenvalue weighted by atomic mass is 10.1. The van der Waals surface area contributed by atoms with Crippen LogP contribution in [0.4, 0.5) is 4.79 Å². The summed E-state index contributed by atoms with van der Waals surface area (Å²) in [4.78, 5) is 40.0. The first-order valence-electron chi connectivity index (χ1n) is 11.9. The number of imide groups is 1. The smallest absolute Gasteiger partial charge is 0.293 e. The van der Waals surface area contributed by atoms with Gasteiger partial charge in [-0.15, -0.1) is 0 Å². The minimum Gasteiger partial charge on any atom is -0.385 e. The zero-order chi connectivity index (χ0) is 26.5. The Kier molecular flexibility index (Phi) is 8.97. The van der Waals surface area contributed by atoms with E-state index in [0.717, 1.165) is 46.6 Å². The number of para-hydroxylation sites is 1. The van der Waals surface area contributed by atoms with Crippen molar-refractivity contribution in [1.29, 1.82) is 0 Å². The minimum absolute atomic E-state index is 0.101. The normalized spacial score (nSPS) is 14.8. The molecule has 3 amide bonds. The van der Waals surface area contributed by atoms with Crippen LogP contribution in [-0.2, 0) is 33.8 Å². The van der Waals surface area contributed by atoms with E-state index in [4.69, 9.17) is 27.9 Å². The molecule has 0 unspecified atom stereocenters. The van der Waals surface area contributed by atoms with Gasteiger partial charge in [0.1, 0.15) is 6.54 Å². The molecule has 4 rings (SSSR count). The standard InChI is InChI=1S/C27H27Cl2N3O4S/c1-3-18-6-4-7-20-19(15-31(25(18)20)16-24(33)30-10-5-11-36-2)13-23-26(34)32(27(35)37-23)14-17-8-9-21(28)22(29)12-17/h4,6-9,12-13,15H,3,5,10-11,14,16H2,1-2H3,(H,30,33)/b23-13-. The second kappa shape index (κ2) is 12.2. The molecule has 1 saturated heterocycles. The number of hydrogen-bond acceptors (Lipinski definition) is 5. The zero-order valence-electron chi connectivity index (χ0n) is 20.6. The first-order valence-corrected chi connectivity index (χ1v) is 13.4. The van der Waals surface area contributed by atoms with Crippen LogP contribution in [0, 0.1) is 0 Å². The molecule has 3 aromatic rings. The summed E-state index contributed by atoms with van der Waals surface area (Å²) in [5, 5.41) is 4.26. The number of benzene rings is 2. The Labute approximate surface area is 229 Å². The highest BCUT2D eigenvalue weighted by atomic mass is 35.5. The van der Waals surface area contributed by atoms with Gasteiger partial charge in [0.25, 0.3) is 11.1 Å². The van der Waals surface area contributed by atoms with Crippen LogP contribution >= 0.6 is 35.0 Å². The third-order valence-electron chi connectivity index (χ3n) is 6.04. The molecule has 1 N–H and O–H groups in total. The fourth-order valence-corrected chi connectivity index (χ4v) is 5.39. The van der Waals surface area contributed by atoms with E-state index in [-0.39, 0.29) is 30.1 Å². The number of carbonyl (C=O) groups excluding carboxylic acids is 3. The summed E-state index contributed by atoms with van der Waals surface area (Å²) in [6, 6.07) is 11.0. The molecule has 194 valence electrons. The van der Waals surface area contributed by atoms with Crippen LogP contribution in [0.3, 0.4) is 0 Å². The number of nitrogens with zero attached hydrogens (tertiary/aromatic N) is 2. The van der Waals surface area contributed by atoms with Crippen LogP contribution in [0.2, 0.25) is 10.0 Å². The molecule has 0 bridgehead atoms. The van der Waals surface area contributed by atoms with Crippen molar-refractivity contribution in [3.63, 3.8) is 0 Å². The average Bonchev–Trinajstić information content (AvgIpc) is 3.35. The Balaban J connectivity index is 1.61. The topological polar surface area (TPSA) is 80.6 Å². The predicted octanol–water partition coefficient (Wildman–Crippen LogP) is 5.90. The first-order chi connectivity index (χ1) is 17.8. The lowest BCUT2D eigenvalue weighted by Gasteiger charge is -2.12. The molecule has 7 nitrogen and oxygen atoms in total. The molecule has 2 heterocycles. The average molecular weight is 561 g/mol. The predicted molar refractivity (Wildman–Crippen MR) is 149 cm³/mol. The minimum atomic E-state index is -0.371. The Morgan fingerprint density at radius 1 is 1.16 bits per heavy atom. The van der Waals surface area contributed by atoms with Gasteiger partial charge < -0.3 is 14.6 Å². The molecule has 0 spiro atoms. The Bertz CT molecular complexity index is 1390. The van der Waals surface area contributed by atoms with E-state index in [2.05, 4.69) is 12.2 Å². The largest absolute Gasteiger partial charge is 0.385 e. The number of rotatable bonds is 10. The van der Waals surface area contributed by atoms with Crippen molar-refractivity contribution in [1.82, 2.24) is 14.8 Å². The SMILES string of the molecule is CCc1cccc2c(/C=C3\SC(=O)N(Cc4ccc(Cl)c(Cl)c4)C3=O)cn(CC(=O)NCCCOC)c12. The summed E-state index contributed by atoms with van der Waals surface area (Å²) in [7, 11) is 1.63. The lowest BCUT2D eigenvalue weighted by molar-refractivity contribution is -0.123. The monoisotopic (exact) mass is 559 g/mol. The maximum absolute atomic E-state index is 13.2. The van der Waals surface area contributed by atoms with E-state index in [9.17, 15) is 14.4 Å². The lowest BCUT2D eigenvalue weighted by Crippen LogP contribution is -2.28. The second-order valence-corrected chi connectivity index (χ2v) is 10.4. The molecule has 1 aliphatic heterocycles. The number of aromatic nitrogens is 1. The summed E-state index contributed by atoms with van der Waals surface area (Å²) in [6.07, 6.45) is 5.12. The molecule has 1 aliphatic rings. The van der Waals surface area contributed by atoms with Gasteiger partial charge in [-0.05, 0) is 53.9 Å². The van der Waals surface area contributed by atoms with E-state index in [1.807, 2.05) is 29.0 Å². The summed E-state index contributed by atoms with van der Waals surface area (Å²) in [5.41, 5.74) is 3.52. The number of amides is 3. The number of nitrogens with one attached hydrogen (secondary N) is 1. The van der Waals surface area contributed by atoms with Crippen molar-refractivity contribution < 1.29 is 19.1 Å². The van der Waals surface area contributed by atoms with Crippen LogP contribution in [0.5, 0.6) is 0 Å². The molecule has 1 aromatic heterocycles. The van der Waals surface area contributed by atoms with Gasteiger partial charge in [0.15, 0.2) is 0 Å².